The van der Waals surface area contributed by atoms with Gasteiger partial charge in [0.1, 0.15) is 0 Å². The zero-order chi connectivity index (χ0) is 11.5. The van der Waals surface area contributed by atoms with Crippen LogP contribution in [0.1, 0.15) is 32.6 Å². The van der Waals surface area contributed by atoms with E-state index in [1.54, 1.807) is 12.2 Å². The second-order valence-electron chi connectivity index (χ2n) is 4.63. The first-order valence-corrected chi connectivity index (χ1v) is 5.59. The Morgan fingerprint density at radius 1 is 1.06 bits per heavy atom. The monoisotopic (exact) mass is 218 g/mol. The van der Waals surface area contributed by atoms with E-state index in [0.717, 1.165) is 25.7 Å². The van der Waals surface area contributed by atoms with Crippen LogP contribution in [0.5, 0.6) is 0 Å². The molecule has 0 bridgehead atoms. The minimum atomic E-state index is 0.0731. The Morgan fingerprint density at radius 2 is 1.69 bits per heavy atom. The summed E-state index contributed by atoms with van der Waals surface area (Å²) in [5.74, 6) is 0.442. The van der Waals surface area contributed by atoms with Gasteiger partial charge >= 0.3 is 0 Å². The number of aliphatic imine (C=N–C) groups is 2. The molecular formula is C12H14N2O2. The maximum Gasteiger partial charge on any atom is 0.235 e. The van der Waals surface area contributed by atoms with E-state index >= 15 is 0 Å². The first-order chi connectivity index (χ1) is 7.74. The van der Waals surface area contributed by atoms with Crippen molar-refractivity contribution in [1.82, 2.24) is 0 Å². The average molecular weight is 218 g/mol. The summed E-state index contributed by atoms with van der Waals surface area (Å²) in [5.41, 5.74) is 2.76. The molecule has 3 unspecified atom stereocenters. The zero-order valence-electron chi connectivity index (χ0n) is 9.27. The molecule has 0 saturated carbocycles. The van der Waals surface area contributed by atoms with Crippen LogP contribution in [0, 0.1) is 5.92 Å². The second-order valence-corrected chi connectivity index (χ2v) is 4.63. The molecular weight excluding hydrogens is 204 g/mol. The van der Waals surface area contributed by atoms with E-state index in [1.807, 2.05) is 0 Å². The van der Waals surface area contributed by atoms with E-state index in [-0.39, 0.29) is 12.1 Å². The van der Waals surface area contributed by atoms with Gasteiger partial charge in [-0.25, -0.2) is 19.6 Å². The van der Waals surface area contributed by atoms with Gasteiger partial charge in [0, 0.05) is 0 Å². The molecule has 0 aromatic carbocycles. The molecule has 0 aliphatic heterocycles. The molecule has 4 nitrogen and oxygen atoms in total. The van der Waals surface area contributed by atoms with Crippen LogP contribution >= 0.6 is 0 Å². The standard InChI is InChI=1S/C12H14N2O2/c1-8-2-10(13-6-15)3-9-4-11(14-7-16)5-12(8)9/h8,10-11H,2-5H2,1H3. The SMILES string of the molecule is CC1CC(N=C=O)CC2=C1CC(N=C=O)C2. The van der Waals surface area contributed by atoms with Crippen LogP contribution in [0.4, 0.5) is 0 Å². The highest BCUT2D eigenvalue weighted by Gasteiger charge is 2.33. The summed E-state index contributed by atoms with van der Waals surface area (Å²) in [5, 5.41) is 0. The van der Waals surface area contributed by atoms with Crippen molar-refractivity contribution in [3.05, 3.63) is 11.1 Å². The largest absolute Gasteiger partial charge is 0.235 e. The van der Waals surface area contributed by atoms with Crippen molar-refractivity contribution in [3.8, 4) is 0 Å². The van der Waals surface area contributed by atoms with Crippen LogP contribution in [-0.4, -0.2) is 24.2 Å². The Balaban J connectivity index is 2.14. The number of hydrogen-bond donors (Lipinski definition) is 0. The molecule has 0 aromatic heterocycles. The van der Waals surface area contributed by atoms with Crippen LogP contribution in [-0.2, 0) is 9.59 Å². The first kappa shape index (κ1) is 11.0. The molecule has 4 heteroatoms. The van der Waals surface area contributed by atoms with Gasteiger partial charge in [0.2, 0.25) is 12.2 Å². The lowest BCUT2D eigenvalue weighted by Crippen LogP contribution is -2.18. The Hall–Kier alpha value is -1.50. The highest BCUT2D eigenvalue weighted by Crippen LogP contribution is 2.42. The van der Waals surface area contributed by atoms with Crippen molar-refractivity contribution in [2.75, 3.05) is 0 Å². The summed E-state index contributed by atoms with van der Waals surface area (Å²) < 4.78 is 0. The lowest BCUT2D eigenvalue weighted by Gasteiger charge is -2.25. The highest BCUT2D eigenvalue weighted by atomic mass is 16.1. The van der Waals surface area contributed by atoms with Gasteiger partial charge in [-0.05, 0) is 31.6 Å². The van der Waals surface area contributed by atoms with Crippen LogP contribution in [0.2, 0.25) is 0 Å². The third-order valence-corrected chi connectivity index (χ3v) is 3.56. The van der Waals surface area contributed by atoms with E-state index in [4.69, 9.17) is 0 Å². The normalized spacial score (nSPS) is 32.7. The van der Waals surface area contributed by atoms with E-state index in [0.29, 0.717) is 5.92 Å². The van der Waals surface area contributed by atoms with Crippen LogP contribution in [0.3, 0.4) is 0 Å². The Morgan fingerprint density at radius 3 is 2.38 bits per heavy atom. The fraction of sp³-hybridized carbons (Fsp3) is 0.667. The molecule has 0 fully saturated rings. The summed E-state index contributed by atoms with van der Waals surface area (Å²) in [6, 6.07) is 0.147. The number of nitrogens with zero attached hydrogens (tertiary/aromatic N) is 2. The molecule has 84 valence electrons. The molecule has 0 saturated heterocycles. The van der Waals surface area contributed by atoms with Crippen molar-refractivity contribution in [1.29, 1.82) is 0 Å². The summed E-state index contributed by atoms with van der Waals surface area (Å²) in [6.07, 6.45) is 6.73. The fourth-order valence-electron chi connectivity index (χ4n) is 2.91. The van der Waals surface area contributed by atoms with E-state index < -0.39 is 0 Å². The number of rotatable bonds is 2. The molecule has 2 aliphatic carbocycles. The topological polar surface area (TPSA) is 58.9 Å². The molecule has 16 heavy (non-hydrogen) atoms. The molecule has 0 radical (unpaired) electrons. The number of isocyanates is 2. The van der Waals surface area contributed by atoms with Gasteiger partial charge in [-0.3, -0.25) is 0 Å². The molecule has 0 amide bonds. The van der Waals surface area contributed by atoms with Crippen molar-refractivity contribution < 1.29 is 9.59 Å². The van der Waals surface area contributed by atoms with Gasteiger partial charge < -0.3 is 0 Å². The smallest absolute Gasteiger partial charge is 0.211 e. The molecule has 0 spiro atoms. The van der Waals surface area contributed by atoms with Gasteiger partial charge in [0.25, 0.3) is 0 Å². The minimum Gasteiger partial charge on any atom is -0.211 e. The molecule has 2 aliphatic rings. The third-order valence-electron chi connectivity index (χ3n) is 3.56. The maximum atomic E-state index is 10.3. The summed E-state index contributed by atoms with van der Waals surface area (Å²) in [6.45, 7) is 2.15. The summed E-state index contributed by atoms with van der Waals surface area (Å²) in [7, 11) is 0. The highest BCUT2D eigenvalue weighted by molar-refractivity contribution is 5.38. The van der Waals surface area contributed by atoms with Crippen molar-refractivity contribution in [2.24, 2.45) is 15.9 Å². The van der Waals surface area contributed by atoms with Gasteiger partial charge in [-0.2, -0.15) is 0 Å². The quantitative estimate of drug-likeness (QED) is 0.404. The fourth-order valence-corrected chi connectivity index (χ4v) is 2.91. The molecule has 2 rings (SSSR count). The van der Waals surface area contributed by atoms with Crippen molar-refractivity contribution in [2.45, 2.75) is 44.7 Å². The lowest BCUT2D eigenvalue weighted by atomic mass is 9.83. The second kappa shape index (κ2) is 4.56. The molecule has 0 heterocycles. The lowest BCUT2D eigenvalue weighted by molar-refractivity contribution is 0.468. The zero-order valence-corrected chi connectivity index (χ0v) is 9.27. The van der Waals surface area contributed by atoms with Gasteiger partial charge in [0.05, 0.1) is 12.1 Å². The minimum absolute atomic E-state index is 0.0731. The predicted molar refractivity (Wildman–Crippen MR) is 58.5 cm³/mol. The van der Waals surface area contributed by atoms with E-state index in [9.17, 15) is 9.59 Å². The van der Waals surface area contributed by atoms with E-state index in [1.165, 1.54) is 11.1 Å². The molecule has 3 atom stereocenters. The maximum absolute atomic E-state index is 10.3. The summed E-state index contributed by atoms with van der Waals surface area (Å²) >= 11 is 0. The van der Waals surface area contributed by atoms with Crippen LogP contribution in [0.25, 0.3) is 0 Å². The molecule has 0 aromatic rings. The Labute approximate surface area is 94.2 Å². The van der Waals surface area contributed by atoms with Gasteiger partial charge in [-0.15, -0.1) is 0 Å². The molecule has 0 N–H and O–H groups in total. The first-order valence-electron chi connectivity index (χ1n) is 5.59. The van der Waals surface area contributed by atoms with Crippen molar-refractivity contribution >= 4 is 12.2 Å². The predicted octanol–water partition coefficient (Wildman–Crippen LogP) is 1.92. The summed E-state index contributed by atoms with van der Waals surface area (Å²) in [4.78, 5) is 28.1. The average Bonchev–Trinajstić information content (AvgIpc) is 2.62. The number of carbonyl (C=O) groups excluding carboxylic acids is 2. The Kier molecular flexibility index (Phi) is 3.14. The van der Waals surface area contributed by atoms with E-state index in [2.05, 4.69) is 16.9 Å². The van der Waals surface area contributed by atoms with Crippen molar-refractivity contribution in [3.63, 3.8) is 0 Å². The van der Waals surface area contributed by atoms with Gasteiger partial charge in [0.15, 0.2) is 0 Å². The third kappa shape index (κ3) is 2.04. The Bertz CT molecular complexity index is 415. The van der Waals surface area contributed by atoms with Crippen LogP contribution < -0.4 is 0 Å². The number of hydrogen-bond acceptors (Lipinski definition) is 4. The van der Waals surface area contributed by atoms with Gasteiger partial charge in [-0.1, -0.05) is 18.1 Å². The van der Waals surface area contributed by atoms with Crippen LogP contribution in [0.15, 0.2) is 21.1 Å².